The number of H-pyrrole nitrogens is 1. The number of sulfonamides is 1. The van der Waals surface area contributed by atoms with Gasteiger partial charge in [0.15, 0.2) is 0 Å². The zero-order valence-corrected chi connectivity index (χ0v) is 12.1. The molecule has 0 aliphatic carbocycles. The van der Waals surface area contributed by atoms with Crippen molar-refractivity contribution in [2.75, 3.05) is 4.72 Å². The van der Waals surface area contributed by atoms with E-state index in [1.807, 2.05) is 0 Å². The number of aromatic carboxylic acids is 1. The van der Waals surface area contributed by atoms with Gasteiger partial charge < -0.3 is 10.1 Å². The van der Waals surface area contributed by atoms with Gasteiger partial charge in [-0.1, -0.05) is 6.07 Å². The van der Waals surface area contributed by atoms with Crippen LogP contribution in [0.4, 0.5) is 10.1 Å². The van der Waals surface area contributed by atoms with Crippen molar-refractivity contribution in [3.63, 3.8) is 0 Å². The predicted octanol–water partition coefficient (Wildman–Crippen LogP) is 2.27. The lowest BCUT2D eigenvalue weighted by Gasteiger charge is -2.08. The van der Waals surface area contributed by atoms with Gasteiger partial charge in [-0.2, -0.15) is 0 Å². The van der Waals surface area contributed by atoms with Crippen LogP contribution in [0.25, 0.3) is 0 Å². The quantitative estimate of drug-likeness (QED) is 0.806. The van der Waals surface area contributed by atoms with Gasteiger partial charge in [0.05, 0.1) is 10.6 Å². The number of rotatable bonds is 4. The van der Waals surface area contributed by atoms with Gasteiger partial charge in [-0.25, -0.2) is 17.6 Å². The van der Waals surface area contributed by atoms with Gasteiger partial charge in [0.25, 0.3) is 10.0 Å². The minimum Gasteiger partial charge on any atom is -0.477 e. The molecule has 0 aliphatic heterocycles. The predicted molar refractivity (Wildman–Crippen MR) is 74.4 cm³/mol. The summed E-state index contributed by atoms with van der Waals surface area (Å²) < 4.78 is 39.9. The Morgan fingerprint density at radius 1 is 1.29 bits per heavy atom. The molecule has 1 heterocycles. The Labute approximate surface area is 120 Å². The van der Waals surface area contributed by atoms with Crippen LogP contribution in [0.5, 0.6) is 0 Å². The molecule has 0 fully saturated rings. The van der Waals surface area contributed by atoms with Gasteiger partial charge in [0.2, 0.25) is 0 Å². The van der Waals surface area contributed by atoms with Gasteiger partial charge in [-0.05, 0) is 37.6 Å². The highest BCUT2D eigenvalue weighted by atomic mass is 32.2. The zero-order valence-electron chi connectivity index (χ0n) is 11.3. The van der Waals surface area contributed by atoms with E-state index in [4.69, 9.17) is 5.11 Å². The third kappa shape index (κ3) is 3.05. The number of carboxylic acid groups (broad SMARTS) is 1. The van der Waals surface area contributed by atoms with Crippen LogP contribution in [-0.2, 0) is 10.0 Å². The molecule has 21 heavy (non-hydrogen) atoms. The second-order valence-electron chi connectivity index (χ2n) is 4.56. The van der Waals surface area contributed by atoms with Crippen LogP contribution in [-0.4, -0.2) is 24.5 Å². The summed E-state index contributed by atoms with van der Waals surface area (Å²) in [6.07, 6.45) is 0. The fourth-order valence-electron chi connectivity index (χ4n) is 1.78. The summed E-state index contributed by atoms with van der Waals surface area (Å²) in [6.45, 7) is 3.10. The monoisotopic (exact) mass is 312 g/mol. The molecule has 6 nitrogen and oxygen atoms in total. The number of halogens is 1. The maximum absolute atomic E-state index is 13.5. The van der Waals surface area contributed by atoms with Crippen LogP contribution in [0.2, 0.25) is 0 Å². The molecule has 112 valence electrons. The fourth-order valence-corrected chi connectivity index (χ4v) is 2.86. The maximum Gasteiger partial charge on any atom is 0.354 e. The van der Waals surface area contributed by atoms with Crippen molar-refractivity contribution in [1.29, 1.82) is 0 Å². The van der Waals surface area contributed by atoms with E-state index in [0.29, 0.717) is 11.3 Å². The summed E-state index contributed by atoms with van der Waals surface area (Å²) in [5, 5.41) is 9.00. The van der Waals surface area contributed by atoms with Gasteiger partial charge in [0.1, 0.15) is 11.5 Å². The second kappa shape index (κ2) is 5.21. The normalized spacial score (nSPS) is 11.4. The van der Waals surface area contributed by atoms with Crippen molar-refractivity contribution in [3.8, 4) is 0 Å². The topological polar surface area (TPSA) is 99.3 Å². The van der Waals surface area contributed by atoms with Crippen molar-refractivity contribution in [2.45, 2.75) is 18.7 Å². The summed E-state index contributed by atoms with van der Waals surface area (Å²) in [4.78, 5) is 13.3. The van der Waals surface area contributed by atoms with Crippen LogP contribution in [0.1, 0.15) is 21.7 Å². The number of hydrogen-bond acceptors (Lipinski definition) is 3. The van der Waals surface area contributed by atoms with Gasteiger partial charge in [-0.3, -0.25) is 4.72 Å². The first-order valence-corrected chi connectivity index (χ1v) is 7.41. The van der Waals surface area contributed by atoms with Gasteiger partial charge >= 0.3 is 5.97 Å². The summed E-state index contributed by atoms with van der Waals surface area (Å²) in [6, 6.07) is 4.83. The first-order valence-electron chi connectivity index (χ1n) is 5.92. The molecule has 0 amide bonds. The summed E-state index contributed by atoms with van der Waals surface area (Å²) in [5.74, 6) is -1.95. The average Bonchev–Trinajstić information content (AvgIpc) is 2.73. The largest absolute Gasteiger partial charge is 0.477 e. The molecule has 2 aromatic rings. The number of carboxylic acids is 1. The Morgan fingerprint density at radius 2 is 1.95 bits per heavy atom. The molecule has 0 aliphatic rings. The molecule has 1 aromatic carbocycles. The smallest absolute Gasteiger partial charge is 0.354 e. The average molecular weight is 312 g/mol. The van der Waals surface area contributed by atoms with Crippen LogP contribution >= 0.6 is 0 Å². The summed E-state index contributed by atoms with van der Waals surface area (Å²) in [7, 11) is -4.07. The number of nitrogens with one attached hydrogen (secondary N) is 2. The van der Waals surface area contributed by atoms with E-state index in [2.05, 4.69) is 9.71 Å². The number of aromatic nitrogens is 1. The van der Waals surface area contributed by atoms with Crippen molar-refractivity contribution in [1.82, 2.24) is 4.98 Å². The number of aromatic amines is 1. The first-order chi connectivity index (χ1) is 9.70. The Hall–Kier alpha value is -2.35. The lowest BCUT2D eigenvalue weighted by molar-refractivity contribution is 0.0692. The van der Waals surface area contributed by atoms with E-state index >= 15 is 0 Å². The lowest BCUT2D eigenvalue weighted by atomic mass is 10.2. The highest BCUT2D eigenvalue weighted by Crippen LogP contribution is 2.22. The molecule has 0 saturated heterocycles. The van der Waals surface area contributed by atoms with Crippen molar-refractivity contribution in [2.24, 2.45) is 0 Å². The van der Waals surface area contributed by atoms with Crippen LogP contribution < -0.4 is 4.72 Å². The van der Waals surface area contributed by atoms with E-state index in [9.17, 15) is 17.6 Å². The number of carbonyl (C=O) groups is 1. The number of anilines is 1. The molecule has 0 spiro atoms. The molecule has 0 unspecified atom stereocenters. The highest BCUT2D eigenvalue weighted by Gasteiger charge is 2.21. The van der Waals surface area contributed by atoms with Crippen LogP contribution in [0, 0.1) is 19.7 Å². The zero-order chi connectivity index (χ0) is 15.8. The minimum atomic E-state index is -4.07. The Balaban J connectivity index is 2.42. The standard InChI is InChI=1S/C13H13FN2O4S/c1-7-3-4-9(6-10(7)14)21(19,20)16-11-5-8(2)15-12(11)13(17)18/h3-6,15-16H,1-2H3,(H,17,18). The van der Waals surface area contributed by atoms with Crippen molar-refractivity contribution < 1.29 is 22.7 Å². The minimum absolute atomic E-state index is 0.0963. The van der Waals surface area contributed by atoms with Gasteiger partial charge in [0, 0.05) is 5.69 Å². The maximum atomic E-state index is 13.5. The Morgan fingerprint density at radius 3 is 2.52 bits per heavy atom. The van der Waals surface area contributed by atoms with Crippen LogP contribution in [0.3, 0.4) is 0 Å². The molecular formula is C13H13FN2O4S. The Bertz CT molecular complexity index is 812. The molecular weight excluding hydrogens is 299 g/mol. The van der Waals surface area contributed by atoms with Gasteiger partial charge in [-0.15, -0.1) is 0 Å². The molecule has 8 heteroatoms. The third-order valence-electron chi connectivity index (χ3n) is 2.86. The molecule has 0 saturated carbocycles. The fraction of sp³-hybridized carbons (Fsp3) is 0.154. The van der Waals surface area contributed by atoms with Crippen molar-refractivity contribution in [3.05, 3.63) is 47.0 Å². The first kappa shape index (κ1) is 15.0. The van der Waals surface area contributed by atoms with E-state index in [-0.39, 0.29) is 16.3 Å². The van der Waals surface area contributed by atoms with E-state index < -0.39 is 21.8 Å². The van der Waals surface area contributed by atoms with E-state index in [1.165, 1.54) is 25.1 Å². The number of aryl methyl sites for hydroxylation is 2. The number of hydrogen-bond donors (Lipinski definition) is 3. The molecule has 1 aromatic heterocycles. The number of benzene rings is 1. The Kier molecular flexibility index (Phi) is 3.73. The molecule has 0 atom stereocenters. The van der Waals surface area contributed by atoms with Crippen LogP contribution in [0.15, 0.2) is 29.2 Å². The highest BCUT2D eigenvalue weighted by molar-refractivity contribution is 7.92. The van der Waals surface area contributed by atoms with E-state index in [1.54, 1.807) is 6.92 Å². The summed E-state index contributed by atoms with van der Waals surface area (Å²) >= 11 is 0. The van der Waals surface area contributed by atoms with Crippen molar-refractivity contribution >= 4 is 21.7 Å². The third-order valence-corrected chi connectivity index (χ3v) is 4.23. The lowest BCUT2D eigenvalue weighted by Crippen LogP contribution is -2.15. The summed E-state index contributed by atoms with van der Waals surface area (Å²) in [5.41, 5.74) is 0.433. The SMILES string of the molecule is Cc1cc(NS(=O)(=O)c2ccc(C)c(F)c2)c(C(=O)O)[nH]1. The molecule has 0 bridgehead atoms. The van der Waals surface area contributed by atoms with E-state index in [0.717, 1.165) is 6.07 Å². The molecule has 2 rings (SSSR count). The second-order valence-corrected chi connectivity index (χ2v) is 6.25. The molecule has 3 N–H and O–H groups in total. The molecule has 0 radical (unpaired) electrons.